The first-order valence-corrected chi connectivity index (χ1v) is 7.18. The molecule has 7 heteroatoms. The molecule has 0 spiro atoms. The Morgan fingerprint density at radius 2 is 1.94 bits per heavy atom. The van der Waals surface area contributed by atoms with E-state index in [1.807, 2.05) is 4.72 Å². The lowest BCUT2D eigenvalue weighted by atomic mass is 10.2. The van der Waals surface area contributed by atoms with Gasteiger partial charge in [0.05, 0.1) is 4.90 Å². The van der Waals surface area contributed by atoms with Gasteiger partial charge in [0.2, 0.25) is 0 Å². The highest BCUT2D eigenvalue weighted by atomic mass is 35.5. The van der Waals surface area contributed by atoms with Crippen LogP contribution in [0.4, 0.5) is 4.79 Å². The second-order valence-electron chi connectivity index (χ2n) is 4.10. The highest BCUT2D eigenvalue weighted by Crippen LogP contribution is 2.22. The molecule has 0 bridgehead atoms. The maximum atomic E-state index is 12.0. The molecule has 1 aromatic rings. The molecule has 0 fully saturated rings. The van der Waals surface area contributed by atoms with E-state index in [-0.39, 0.29) is 10.9 Å². The van der Waals surface area contributed by atoms with Crippen molar-refractivity contribution in [3.63, 3.8) is 0 Å². The molecule has 0 saturated heterocycles. The van der Waals surface area contributed by atoms with E-state index in [0.29, 0.717) is 10.6 Å². The summed E-state index contributed by atoms with van der Waals surface area (Å²) >= 11 is 5.85. The van der Waals surface area contributed by atoms with Gasteiger partial charge in [0.25, 0.3) is 10.0 Å². The summed E-state index contributed by atoms with van der Waals surface area (Å²) in [6, 6.07) is 3.59. The summed E-state index contributed by atoms with van der Waals surface area (Å²) in [5, 5.41) is 2.78. The van der Waals surface area contributed by atoms with E-state index >= 15 is 0 Å². The van der Waals surface area contributed by atoms with Crippen molar-refractivity contribution in [1.29, 1.82) is 0 Å². The molecule has 0 radical (unpaired) electrons. The number of carbonyl (C=O) groups is 1. The van der Waals surface area contributed by atoms with Gasteiger partial charge in [0.1, 0.15) is 0 Å². The SMILES string of the molecule is Cc1c(Cl)cccc1S(=O)(=O)NC(=O)NC(C)C. The molecule has 0 saturated carbocycles. The third kappa shape index (κ3) is 3.61. The van der Waals surface area contributed by atoms with E-state index in [0.717, 1.165) is 0 Å². The summed E-state index contributed by atoms with van der Waals surface area (Å²) in [6.45, 7) is 5.05. The Morgan fingerprint density at radius 1 is 1.33 bits per heavy atom. The third-order valence-electron chi connectivity index (χ3n) is 2.15. The molecule has 2 amide bonds. The number of halogens is 1. The third-order valence-corrected chi connectivity index (χ3v) is 4.04. The minimum absolute atomic E-state index is 0.00564. The number of sulfonamides is 1. The lowest BCUT2D eigenvalue weighted by molar-refractivity contribution is 0.243. The lowest BCUT2D eigenvalue weighted by Crippen LogP contribution is -2.42. The zero-order valence-corrected chi connectivity index (χ0v) is 11.9. The average Bonchev–Trinajstić information content (AvgIpc) is 2.19. The van der Waals surface area contributed by atoms with Crippen LogP contribution in [-0.4, -0.2) is 20.5 Å². The van der Waals surface area contributed by atoms with Crippen LogP contribution in [0.25, 0.3) is 0 Å². The molecular weight excluding hydrogens is 276 g/mol. The summed E-state index contributed by atoms with van der Waals surface area (Å²) in [5.41, 5.74) is 0.406. The highest BCUT2D eigenvalue weighted by molar-refractivity contribution is 7.90. The van der Waals surface area contributed by atoms with Crippen LogP contribution in [0, 0.1) is 6.92 Å². The molecule has 0 aromatic heterocycles. The van der Waals surface area contributed by atoms with Crippen molar-refractivity contribution in [2.75, 3.05) is 0 Å². The molecule has 0 aliphatic heterocycles. The van der Waals surface area contributed by atoms with Gasteiger partial charge in [-0.25, -0.2) is 17.9 Å². The topological polar surface area (TPSA) is 75.3 Å². The van der Waals surface area contributed by atoms with Crippen LogP contribution in [0.2, 0.25) is 5.02 Å². The second kappa shape index (κ2) is 5.58. The van der Waals surface area contributed by atoms with Crippen LogP contribution in [0.5, 0.6) is 0 Å². The van der Waals surface area contributed by atoms with Gasteiger partial charge in [-0.15, -0.1) is 0 Å². The monoisotopic (exact) mass is 290 g/mol. The zero-order chi connectivity index (χ0) is 13.9. The normalized spacial score (nSPS) is 11.4. The van der Waals surface area contributed by atoms with E-state index in [4.69, 9.17) is 11.6 Å². The van der Waals surface area contributed by atoms with E-state index < -0.39 is 16.1 Å². The summed E-state index contributed by atoms with van der Waals surface area (Å²) in [4.78, 5) is 11.4. The molecule has 0 unspecified atom stereocenters. The summed E-state index contributed by atoms with van der Waals surface area (Å²) < 4.78 is 25.9. The number of nitrogens with one attached hydrogen (secondary N) is 2. The minimum atomic E-state index is -3.90. The summed E-state index contributed by atoms with van der Waals surface area (Å²) in [5.74, 6) is 0. The average molecular weight is 291 g/mol. The van der Waals surface area contributed by atoms with E-state index in [1.54, 1.807) is 26.8 Å². The number of hydrogen-bond acceptors (Lipinski definition) is 3. The first kappa shape index (κ1) is 14.8. The molecule has 2 N–H and O–H groups in total. The maximum Gasteiger partial charge on any atom is 0.328 e. The zero-order valence-electron chi connectivity index (χ0n) is 10.3. The van der Waals surface area contributed by atoms with Crippen LogP contribution >= 0.6 is 11.6 Å². The summed E-state index contributed by atoms with van der Waals surface area (Å²) in [6.07, 6.45) is 0. The van der Waals surface area contributed by atoms with Crippen molar-refractivity contribution in [2.24, 2.45) is 0 Å². The Hall–Kier alpha value is -1.27. The standard InChI is InChI=1S/C11H15ClN2O3S/c1-7(2)13-11(15)14-18(16,17)10-6-4-5-9(12)8(10)3/h4-7H,1-3H3,(H2,13,14,15). The van der Waals surface area contributed by atoms with Crippen molar-refractivity contribution in [2.45, 2.75) is 31.7 Å². The van der Waals surface area contributed by atoms with Crippen molar-refractivity contribution >= 4 is 27.7 Å². The van der Waals surface area contributed by atoms with E-state index in [9.17, 15) is 13.2 Å². The molecule has 0 aliphatic rings. The van der Waals surface area contributed by atoms with Gasteiger partial charge < -0.3 is 5.32 Å². The first-order valence-electron chi connectivity index (χ1n) is 5.32. The van der Waals surface area contributed by atoms with Crippen molar-refractivity contribution in [3.05, 3.63) is 28.8 Å². The quantitative estimate of drug-likeness (QED) is 0.894. The van der Waals surface area contributed by atoms with Gasteiger partial charge in [-0.3, -0.25) is 0 Å². The lowest BCUT2D eigenvalue weighted by Gasteiger charge is -2.12. The fraction of sp³-hybridized carbons (Fsp3) is 0.364. The van der Waals surface area contributed by atoms with Crippen LogP contribution in [-0.2, 0) is 10.0 Å². The first-order chi connectivity index (χ1) is 8.24. The predicted molar refractivity (Wildman–Crippen MR) is 70.2 cm³/mol. The van der Waals surface area contributed by atoms with Crippen LogP contribution in [0.1, 0.15) is 19.4 Å². The Labute approximate surface area is 112 Å². The van der Waals surface area contributed by atoms with Gasteiger partial charge in [0.15, 0.2) is 0 Å². The smallest absolute Gasteiger partial charge is 0.328 e. The number of carbonyl (C=O) groups excluding carboxylic acids is 1. The van der Waals surface area contributed by atoms with E-state index in [2.05, 4.69) is 5.32 Å². The van der Waals surface area contributed by atoms with Gasteiger partial charge in [-0.1, -0.05) is 17.7 Å². The minimum Gasteiger partial charge on any atom is -0.335 e. The molecular formula is C11H15ClN2O3S. The van der Waals surface area contributed by atoms with Crippen molar-refractivity contribution in [3.8, 4) is 0 Å². The van der Waals surface area contributed by atoms with Crippen molar-refractivity contribution in [1.82, 2.24) is 10.0 Å². The van der Waals surface area contributed by atoms with Gasteiger partial charge >= 0.3 is 6.03 Å². The second-order valence-corrected chi connectivity index (χ2v) is 6.15. The predicted octanol–water partition coefficient (Wildman–Crippen LogP) is 2.04. The van der Waals surface area contributed by atoms with Crippen LogP contribution in [0.3, 0.4) is 0 Å². The summed E-state index contributed by atoms with van der Waals surface area (Å²) in [7, 11) is -3.90. The molecule has 5 nitrogen and oxygen atoms in total. The van der Waals surface area contributed by atoms with Gasteiger partial charge in [-0.2, -0.15) is 0 Å². The van der Waals surface area contributed by atoms with Gasteiger partial charge in [0, 0.05) is 11.1 Å². The fourth-order valence-electron chi connectivity index (χ4n) is 1.35. The van der Waals surface area contributed by atoms with Crippen LogP contribution < -0.4 is 10.0 Å². The fourth-order valence-corrected chi connectivity index (χ4v) is 2.76. The molecule has 0 aliphatic carbocycles. The molecule has 0 heterocycles. The van der Waals surface area contributed by atoms with Gasteiger partial charge in [-0.05, 0) is 38.5 Å². The Bertz CT molecular complexity index is 555. The molecule has 1 aromatic carbocycles. The number of benzene rings is 1. The Balaban J connectivity index is 3.01. The largest absolute Gasteiger partial charge is 0.335 e. The highest BCUT2D eigenvalue weighted by Gasteiger charge is 2.20. The van der Waals surface area contributed by atoms with E-state index in [1.165, 1.54) is 12.1 Å². The maximum absolute atomic E-state index is 12.0. The number of amides is 2. The van der Waals surface area contributed by atoms with Crippen LogP contribution in [0.15, 0.2) is 23.1 Å². The number of urea groups is 1. The molecule has 1 rings (SSSR count). The number of rotatable bonds is 3. The van der Waals surface area contributed by atoms with Crippen molar-refractivity contribution < 1.29 is 13.2 Å². The molecule has 0 atom stereocenters. The Morgan fingerprint density at radius 3 is 2.50 bits per heavy atom. The molecule has 18 heavy (non-hydrogen) atoms. The molecule has 100 valence electrons. The number of hydrogen-bond donors (Lipinski definition) is 2. The Kier molecular flexibility index (Phi) is 4.59.